The fourth-order valence-corrected chi connectivity index (χ4v) is 3.62. The SMILES string of the molecule is CCn1cnc(S(=O)(=O)NCC(C)(C)CCBr)c1. The molecule has 5 nitrogen and oxygen atoms in total. The van der Waals surface area contributed by atoms with Crippen LogP contribution >= 0.6 is 15.9 Å². The molecule has 0 saturated carbocycles. The summed E-state index contributed by atoms with van der Waals surface area (Å²) >= 11 is 3.37. The van der Waals surface area contributed by atoms with E-state index in [2.05, 4.69) is 25.6 Å². The Bertz CT molecular complexity index is 482. The normalized spacial score (nSPS) is 12.9. The Morgan fingerprint density at radius 2 is 2.17 bits per heavy atom. The first-order valence-corrected chi connectivity index (χ1v) is 8.48. The minimum atomic E-state index is -3.50. The Balaban J connectivity index is 2.71. The molecule has 1 rings (SSSR count). The Hall–Kier alpha value is -0.400. The Labute approximate surface area is 117 Å². The van der Waals surface area contributed by atoms with Gasteiger partial charge in [0.25, 0.3) is 10.0 Å². The molecule has 0 aliphatic rings. The number of rotatable bonds is 7. The van der Waals surface area contributed by atoms with Gasteiger partial charge in [0.05, 0.1) is 6.33 Å². The van der Waals surface area contributed by atoms with Crippen LogP contribution in [0.5, 0.6) is 0 Å². The zero-order valence-electron chi connectivity index (χ0n) is 11.0. The van der Waals surface area contributed by atoms with Crippen LogP contribution in [0, 0.1) is 5.41 Å². The van der Waals surface area contributed by atoms with Crippen molar-refractivity contribution in [1.29, 1.82) is 0 Å². The largest absolute Gasteiger partial charge is 0.336 e. The number of sulfonamides is 1. The summed E-state index contributed by atoms with van der Waals surface area (Å²) in [7, 11) is -3.50. The summed E-state index contributed by atoms with van der Waals surface area (Å²) in [6.07, 6.45) is 3.97. The molecule has 1 aromatic heterocycles. The minimum Gasteiger partial charge on any atom is -0.336 e. The second kappa shape index (κ2) is 6.16. The molecular formula is C11H20BrN3O2S. The van der Waals surface area contributed by atoms with E-state index in [0.29, 0.717) is 13.1 Å². The lowest BCUT2D eigenvalue weighted by molar-refractivity contribution is 0.354. The molecule has 0 bridgehead atoms. The quantitative estimate of drug-likeness (QED) is 0.774. The molecule has 7 heteroatoms. The number of hydrogen-bond donors (Lipinski definition) is 1. The molecule has 0 amide bonds. The third kappa shape index (κ3) is 4.37. The van der Waals surface area contributed by atoms with Gasteiger partial charge in [-0.3, -0.25) is 0 Å². The average Bonchev–Trinajstić information content (AvgIpc) is 2.76. The van der Waals surface area contributed by atoms with E-state index in [0.717, 1.165) is 11.8 Å². The molecular weight excluding hydrogens is 318 g/mol. The topological polar surface area (TPSA) is 64.0 Å². The van der Waals surface area contributed by atoms with Gasteiger partial charge in [-0.15, -0.1) is 0 Å². The number of imidazole rings is 1. The molecule has 0 radical (unpaired) electrons. The predicted molar refractivity (Wildman–Crippen MR) is 75.3 cm³/mol. The average molecular weight is 338 g/mol. The molecule has 1 N–H and O–H groups in total. The molecule has 104 valence electrons. The lowest BCUT2D eigenvalue weighted by Gasteiger charge is -2.23. The van der Waals surface area contributed by atoms with Crippen molar-refractivity contribution in [1.82, 2.24) is 14.3 Å². The van der Waals surface area contributed by atoms with E-state index < -0.39 is 10.0 Å². The van der Waals surface area contributed by atoms with Gasteiger partial charge in [0, 0.05) is 24.6 Å². The summed E-state index contributed by atoms with van der Waals surface area (Å²) in [5, 5.41) is 0.936. The van der Waals surface area contributed by atoms with Crippen LogP contribution in [0.25, 0.3) is 0 Å². The second-order valence-corrected chi connectivity index (χ2v) is 7.48. The van der Waals surface area contributed by atoms with Crippen LogP contribution in [-0.4, -0.2) is 29.8 Å². The lowest BCUT2D eigenvalue weighted by Crippen LogP contribution is -2.34. The first-order valence-electron chi connectivity index (χ1n) is 5.88. The van der Waals surface area contributed by atoms with E-state index in [-0.39, 0.29) is 10.4 Å². The van der Waals surface area contributed by atoms with Crippen LogP contribution in [0.3, 0.4) is 0 Å². The maximum absolute atomic E-state index is 12.0. The molecule has 0 unspecified atom stereocenters. The number of aromatic nitrogens is 2. The molecule has 18 heavy (non-hydrogen) atoms. The predicted octanol–water partition coefficient (Wildman–Crippen LogP) is 1.99. The van der Waals surface area contributed by atoms with Crippen LogP contribution in [0.2, 0.25) is 0 Å². The Morgan fingerprint density at radius 1 is 1.50 bits per heavy atom. The van der Waals surface area contributed by atoms with Gasteiger partial charge >= 0.3 is 0 Å². The van der Waals surface area contributed by atoms with Crippen molar-refractivity contribution in [2.24, 2.45) is 5.41 Å². The van der Waals surface area contributed by atoms with Crippen molar-refractivity contribution in [2.75, 3.05) is 11.9 Å². The lowest BCUT2D eigenvalue weighted by atomic mass is 9.91. The maximum Gasteiger partial charge on any atom is 0.259 e. The summed E-state index contributed by atoms with van der Waals surface area (Å²) in [5.74, 6) is 0. The highest BCUT2D eigenvalue weighted by Gasteiger charge is 2.23. The fraction of sp³-hybridized carbons (Fsp3) is 0.727. The molecule has 0 atom stereocenters. The summed E-state index contributed by atoms with van der Waals surface area (Å²) in [4.78, 5) is 3.91. The van der Waals surface area contributed by atoms with Gasteiger partial charge in [-0.2, -0.15) is 0 Å². The van der Waals surface area contributed by atoms with E-state index in [9.17, 15) is 8.42 Å². The molecule has 1 aromatic rings. The Morgan fingerprint density at radius 3 is 2.67 bits per heavy atom. The van der Waals surface area contributed by atoms with Gasteiger partial charge in [0.15, 0.2) is 5.03 Å². The number of halogens is 1. The molecule has 0 aliphatic heterocycles. The van der Waals surface area contributed by atoms with Crippen LogP contribution in [0.1, 0.15) is 27.2 Å². The summed E-state index contributed by atoms with van der Waals surface area (Å²) in [6.45, 7) is 7.10. The highest BCUT2D eigenvalue weighted by Crippen LogP contribution is 2.20. The van der Waals surface area contributed by atoms with Gasteiger partial charge in [-0.05, 0) is 18.8 Å². The van der Waals surface area contributed by atoms with Crippen LogP contribution in [0.15, 0.2) is 17.6 Å². The van der Waals surface area contributed by atoms with Crippen LogP contribution in [-0.2, 0) is 16.6 Å². The molecule has 1 heterocycles. The summed E-state index contributed by atoms with van der Waals surface area (Å²) in [6, 6.07) is 0. The number of hydrogen-bond acceptors (Lipinski definition) is 3. The highest BCUT2D eigenvalue weighted by atomic mass is 79.9. The maximum atomic E-state index is 12.0. The van der Waals surface area contributed by atoms with E-state index in [1.54, 1.807) is 10.8 Å². The van der Waals surface area contributed by atoms with Crippen molar-refractivity contribution >= 4 is 26.0 Å². The van der Waals surface area contributed by atoms with Gasteiger partial charge in [0.2, 0.25) is 0 Å². The smallest absolute Gasteiger partial charge is 0.259 e. The first kappa shape index (κ1) is 15.7. The third-order valence-corrected chi connectivity index (χ3v) is 4.44. The van der Waals surface area contributed by atoms with Gasteiger partial charge in [-0.25, -0.2) is 18.1 Å². The number of aryl methyl sites for hydroxylation is 1. The summed E-state index contributed by atoms with van der Waals surface area (Å²) < 4.78 is 28.4. The van der Waals surface area contributed by atoms with Crippen LogP contribution in [0.4, 0.5) is 0 Å². The van der Waals surface area contributed by atoms with E-state index >= 15 is 0 Å². The molecule has 0 fully saturated rings. The zero-order chi connectivity index (χ0) is 13.8. The third-order valence-electron chi connectivity index (χ3n) is 2.76. The molecule has 0 aromatic carbocycles. The van der Waals surface area contributed by atoms with Gasteiger partial charge in [-0.1, -0.05) is 29.8 Å². The van der Waals surface area contributed by atoms with E-state index in [1.807, 2.05) is 20.8 Å². The van der Waals surface area contributed by atoms with Gasteiger partial charge < -0.3 is 4.57 Å². The Kier molecular flexibility index (Phi) is 5.36. The molecule has 0 spiro atoms. The highest BCUT2D eigenvalue weighted by molar-refractivity contribution is 9.09. The van der Waals surface area contributed by atoms with Crippen molar-refractivity contribution in [3.63, 3.8) is 0 Å². The van der Waals surface area contributed by atoms with E-state index in [4.69, 9.17) is 0 Å². The fourth-order valence-electron chi connectivity index (χ4n) is 1.36. The first-order chi connectivity index (χ1) is 8.30. The van der Waals surface area contributed by atoms with Crippen LogP contribution < -0.4 is 4.72 Å². The standard InChI is InChI=1S/C11H20BrN3O2S/c1-4-15-7-10(13-9-15)18(16,17)14-8-11(2,3)5-6-12/h7,9,14H,4-6,8H2,1-3H3. The van der Waals surface area contributed by atoms with Crippen molar-refractivity contribution < 1.29 is 8.42 Å². The zero-order valence-corrected chi connectivity index (χ0v) is 13.4. The molecule has 0 aliphatic carbocycles. The molecule has 0 saturated heterocycles. The van der Waals surface area contributed by atoms with E-state index in [1.165, 1.54) is 6.33 Å². The van der Waals surface area contributed by atoms with Gasteiger partial charge in [0.1, 0.15) is 0 Å². The van der Waals surface area contributed by atoms with Crippen molar-refractivity contribution in [3.8, 4) is 0 Å². The van der Waals surface area contributed by atoms with Crippen molar-refractivity contribution in [3.05, 3.63) is 12.5 Å². The number of alkyl halides is 1. The monoisotopic (exact) mass is 337 g/mol. The number of nitrogens with one attached hydrogen (secondary N) is 1. The van der Waals surface area contributed by atoms with Crippen molar-refractivity contribution in [2.45, 2.75) is 38.8 Å². The number of nitrogens with zero attached hydrogens (tertiary/aromatic N) is 2. The minimum absolute atomic E-state index is 0.0795. The summed E-state index contributed by atoms with van der Waals surface area (Å²) in [5.41, 5.74) is -0.0795. The second-order valence-electron chi connectivity index (χ2n) is 4.97.